The third-order valence-electron chi connectivity index (χ3n) is 9.44. The van der Waals surface area contributed by atoms with Crippen molar-refractivity contribution in [3.63, 3.8) is 0 Å². The molecule has 0 aromatic rings. The fraction of sp³-hybridized carbons (Fsp3) is 0.804. The van der Waals surface area contributed by atoms with Crippen LogP contribution in [0.25, 0.3) is 0 Å². The molecule has 0 aromatic heterocycles. The molecule has 0 aliphatic rings. The normalized spacial score (nSPS) is 12.3. The van der Waals surface area contributed by atoms with Gasteiger partial charge >= 0.3 is 17.9 Å². The van der Waals surface area contributed by atoms with E-state index in [-0.39, 0.29) is 31.6 Å². The van der Waals surface area contributed by atoms with E-state index < -0.39 is 12.1 Å². The SMILES string of the molecule is CC/C=C\C/C=C\C/C=C\CC(=O)OCC(COC(=O)CCCCCCCCCCCCCCC)OC(=O)CCCCCCCCCCCCCC. The van der Waals surface area contributed by atoms with E-state index in [0.29, 0.717) is 12.8 Å². The molecule has 0 fully saturated rings. The highest BCUT2D eigenvalue weighted by atomic mass is 16.6. The van der Waals surface area contributed by atoms with E-state index in [2.05, 4.69) is 45.1 Å². The van der Waals surface area contributed by atoms with Crippen LogP contribution in [0.15, 0.2) is 36.5 Å². The molecule has 1 unspecified atom stereocenters. The Bertz CT molecular complexity index is 891. The monoisotopic (exact) mass is 731 g/mol. The highest BCUT2D eigenvalue weighted by molar-refractivity contribution is 5.72. The van der Waals surface area contributed by atoms with Crippen LogP contribution in [0.3, 0.4) is 0 Å². The van der Waals surface area contributed by atoms with Crippen molar-refractivity contribution in [2.75, 3.05) is 13.2 Å². The maximum absolute atomic E-state index is 12.7. The molecule has 0 spiro atoms. The second-order valence-corrected chi connectivity index (χ2v) is 14.6. The highest BCUT2D eigenvalue weighted by Gasteiger charge is 2.19. The van der Waals surface area contributed by atoms with E-state index in [1.165, 1.54) is 122 Å². The third kappa shape index (κ3) is 38.9. The highest BCUT2D eigenvalue weighted by Crippen LogP contribution is 2.15. The molecule has 52 heavy (non-hydrogen) atoms. The van der Waals surface area contributed by atoms with Gasteiger partial charge in [0.15, 0.2) is 6.10 Å². The number of rotatable bonds is 39. The van der Waals surface area contributed by atoms with Gasteiger partial charge in [-0.3, -0.25) is 14.4 Å². The summed E-state index contributed by atoms with van der Waals surface area (Å²) in [5.74, 6) is -1.02. The van der Waals surface area contributed by atoms with Gasteiger partial charge in [0.25, 0.3) is 0 Å². The summed E-state index contributed by atoms with van der Waals surface area (Å²) in [6.45, 7) is 6.41. The van der Waals surface area contributed by atoms with E-state index in [1.807, 2.05) is 6.08 Å². The van der Waals surface area contributed by atoms with Gasteiger partial charge in [0.1, 0.15) is 13.2 Å². The number of allylic oxidation sites excluding steroid dienone is 5. The van der Waals surface area contributed by atoms with Gasteiger partial charge in [0, 0.05) is 12.8 Å². The lowest BCUT2D eigenvalue weighted by molar-refractivity contribution is -0.166. The van der Waals surface area contributed by atoms with E-state index >= 15 is 0 Å². The minimum Gasteiger partial charge on any atom is -0.462 e. The molecule has 0 aliphatic carbocycles. The molecule has 0 amide bonds. The fourth-order valence-electron chi connectivity index (χ4n) is 6.15. The molecule has 0 bridgehead atoms. The van der Waals surface area contributed by atoms with Crippen LogP contribution in [0.1, 0.15) is 220 Å². The quantitative estimate of drug-likeness (QED) is 0.0271. The molecular formula is C46H82O6. The first-order valence-electron chi connectivity index (χ1n) is 22.0. The zero-order chi connectivity index (χ0) is 38.0. The van der Waals surface area contributed by atoms with Crippen molar-refractivity contribution in [3.8, 4) is 0 Å². The fourth-order valence-corrected chi connectivity index (χ4v) is 6.15. The van der Waals surface area contributed by atoms with Gasteiger partial charge in [0.2, 0.25) is 0 Å². The standard InChI is InChI=1S/C46H82O6/c1-4-7-10-13-16-19-21-23-25-27-30-33-36-39-45(48)51-42-43(41-50-44(47)38-35-32-29-26-18-15-12-9-6-3)52-46(49)40-37-34-31-28-24-22-20-17-14-11-8-5-2/h9,12,18,26,32,35,43H,4-8,10-11,13-17,19-25,27-31,33-34,36-42H2,1-3H3/b12-9-,26-18-,35-32-. The number of hydrogen-bond acceptors (Lipinski definition) is 6. The molecule has 1 atom stereocenters. The second-order valence-electron chi connectivity index (χ2n) is 14.6. The minimum absolute atomic E-state index is 0.0954. The van der Waals surface area contributed by atoms with E-state index in [9.17, 15) is 14.4 Å². The van der Waals surface area contributed by atoms with Crippen molar-refractivity contribution in [1.82, 2.24) is 0 Å². The Morgan fingerprint density at radius 2 is 0.750 bits per heavy atom. The molecule has 0 heterocycles. The average Bonchev–Trinajstić information content (AvgIpc) is 3.14. The molecule has 6 nitrogen and oxygen atoms in total. The Balaban J connectivity index is 4.40. The zero-order valence-corrected chi connectivity index (χ0v) is 34.3. The number of esters is 3. The summed E-state index contributed by atoms with van der Waals surface area (Å²) in [4.78, 5) is 37.5. The van der Waals surface area contributed by atoms with Crippen LogP contribution in [0, 0.1) is 0 Å². The summed E-state index contributed by atoms with van der Waals surface area (Å²) in [5, 5.41) is 0. The first-order chi connectivity index (χ1) is 25.5. The van der Waals surface area contributed by atoms with E-state index in [0.717, 1.165) is 57.8 Å². The average molecular weight is 731 g/mol. The van der Waals surface area contributed by atoms with Gasteiger partial charge in [-0.2, -0.15) is 0 Å². The molecule has 0 saturated carbocycles. The Hall–Kier alpha value is -2.37. The summed E-state index contributed by atoms with van der Waals surface area (Å²) in [6.07, 6.45) is 45.9. The van der Waals surface area contributed by atoms with Crippen molar-refractivity contribution in [2.45, 2.75) is 226 Å². The lowest BCUT2D eigenvalue weighted by Gasteiger charge is -2.18. The first-order valence-corrected chi connectivity index (χ1v) is 22.0. The van der Waals surface area contributed by atoms with Gasteiger partial charge in [-0.15, -0.1) is 0 Å². The summed E-state index contributed by atoms with van der Waals surface area (Å²) >= 11 is 0. The van der Waals surface area contributed by atoms with Crippen molar-refractivity contribution in [3.05, 3.63) is 36.5 Å². The lowest BCUT2D eigenvalue weighted by atomic mass is 10.0. The van der Waals surface area contributed by atoms with Crippen molar-refractivity contribution in [1.29, 1.82) is 0 Å². The number of hydrogen-bond donors (Lipinski definition) is 0. The van der Waals surface area contributed by atoms with Crippen LogP contribution in [0.2, 0.25) is 0 Å². The Kier molecular flexibility index (Phi) is 39.5. The molecule has 0 aromatic carbocycles. The van der Waals surface area contributed by atoms with Crippen molar-refractivity contribution >= 4 is 17.9 Å². The van der Waals surface area contributed by atoms with Gasteiger partial charge < -0.3 is 14.2 Å². The third-order valence-corrected chi connectivity index (χ3v) is 9.44. The first kappa shape index (κ1) is 49.6. The summed E-state index contributed by atoms with van der Waals surface area (Å²) in [6, 6.07) is 0. The molecule has 0 rings (SSSR count). The molecule has 0 radical (unpaired) electrons. The molecule has 6 heteroatoms. The Morgan fingerprint density at radius 1 is 0.404 bits per heavy atom. The molecule has 0 aliphatic heterocycles. The smallest absolute Gasteiger partial charge is 0.309 e. The van der Waals surface area contributed by atoms with Crippen molar-refractivity contribution in [2.24, 2.45) is 0 Å². The van der Waals surface area contributed by atoms with Crippen LogP contribution >= 0.6 is 0 Å². The van der Waals surface area contributed by atoms with Crippen LogP contribution in [-0.4, -0.2) is 37.2 Å². The van der Waals surface area contributed by atoms with Crippen LogP contribution < -0.4 is 0 Å². The van der Waals surface area contributed by atoms with Gasteiger partial charge in [-0.05, 0) is 32.1 Å². The summed E-state index contributed by atoms with van der Waals surface area (Å²) in [5.41, 5.74) is 0. The topological polar surface area (TPSA) is 78.9 Å². The van der Waals surface area contributed by atoms with Crippen molar-refractivity contribution < 1.29 is 28.6 Å². The lowest BCUT2D eigenvalue weighted by Crippen LogP contribution is -2.30. The summed E-state index contributed by atoms with van der Waals surface area (Å²) < 4.78 is 16.6. The number of carbonyl (C=O) groups excluding carboxylic acids is 3. The minimum atomic E-state index is -0.799. The predicted octanol–water partition coefficient (Wildman–Crippen LogP) is 13.8. The molecule has 0 N–H and O–H groups in total. The van der Waals surface area contributed by atoms with Gasteiger partial charge in [-0.1, -0.05) is 205 Å². The van der Waals surface area contributed by atoms with E-state index in [1.54, 1.807) is 6.08 Å². The molecular weight excluding hydrogens is 649 g/mol. The maximum atomic E-state index is 12.7. The van der Waals surface area contributed by atoms with Gasteiger partial charge in [-0.25, -0.2) is 0 Å². The molecule has 0 saturated heterocycles. The maximum Gasteiger partial charge on any atom is 0.309 e. The Labute approximate surface area is 321 Å². The number of ether oxygens (including phenoxy) is 3. The van der Waals surface area contributed by atoms with E-state index in [4.69, 9.17) is 14.2 Å². The Morgan fingerprint density at radius 3 is 1.17 bits per heavy atom. The second kappa shape index (κ2) is 41.4. The van der Waals surface area contributed by atoms with Crippen LogP contribution in [0.5, 0.6) is 0 Å². The number of unbranched alkanes of at least 4 members (excludes halogenated alkanes) is 23. The largest absolute Gasteiger partial charge is 0.462 e. The zero-order valence-electron chi connectivity index (χ0n) is 34.3. The van der Waals surface area contributed by atoms with Crippen LogP contribution in [0.4, 0.5) is 0 Å². The van der Waals surface area contributed by atoms with Gasteiger partial charge in [0.05, 0.1) is 6.42 Å². The van der Waals surface area contributed by atoms with Crippen LogP contribution in [-0.2, 0) is 28.6 Å². The predicted molar refractivity (Wildman–Crippen MR) is 219 cm³/mol. The summed E-state index contributed by atoms with van der Waals surface area (Å²) in [7, 11) is 0. The molecule has 302 valence electrons. The number of carbonyl (C=O) groups is 3.